The van der Waals surface area contributed by atoms with E-state index in [1.165, 1.54) is 0 Å². The molecule has 2 aromatic carbocycles. The molecule has 0 saturated carbocycles. The van der Waals surface area contributed by atoms with Crippen LogP contribution in [0.4, 0.5) is 4.79 Å². The Bertz CT molecular complexity index is 825. The lowest BCUT2D eigenvalue weighted by Crippen LogP contribution is -2.34. The van der Waals surface area contributed by atoms with Crippen LogP contribution >= 0.6 is 11.6 Å². The molecule has 2 rings (SSSR count). The monoisotopic (exact) mass is 419 g/mol. The van der Waals surface area contributed by atoms with E-state index in [-0.39, 0.29) is 19.4 Å². The summed E-state index contributed by atoms with van der Waals surface area (Å²) in [6.45, 7) is 1.74. The second kappa shape index (κ2) is 11.1. The number of esters is 1. The summed E-state index contributed by atoms with van der Waals surface area (Å²) in [4.78, 5) is 35.3. The molecule has 7 nitrogen and oxygen atoms in total. The number of benzene rings is 2. The van der Waals surface area contributed by atoms with Gasteiger partial charge in [0, 0.05) is 23.9 Å². The van der Waals surface area contributed by atoms with Crippen molar-refractivity contribution in [3.05, 3.63) is 70.7 Å². The molecule has 0 spiro atoms. The SMILES string of the molecule is CCC(OC(=O)NC[C@H](CC(=O)O)c1ccc(Cl)cc1)OC(=O)c1ccccc1. The van der Waals surface area contributed by atoms with E-state index in [0.717, 1.165) is 5.56 Å². The molecular weight excluding hydrogens is 398 g/mol. The summed E-state index contributed by atoms with van der Waals surface area (Å²) >= 11 is 5.86. The number of carbonyl (C=O) groups excluding carboxylic acids is 2. The molecule has 0 aliphatic rings. The summed E-state index contributed by atoms with van der Waals surface area (Å²) in [6, 6.07) is 15.1. The fourth-order valence-electron chi connectivity index (χ4n) is 2.57. The van der Waals surface area contributed by atoms with Crippen LogP contribution in [0.2, 0.25) is 5.02 Å². The highest BCUT2D eigenvalue weighted by molar-refractivity contribution is 6.30. The minimum atomic E-state index is -1.06. The Balaban J connectivity index is 1.91. The molecule has 2 aromatic rings. The second-order valence-corrected chi connectivity index (χ2v) is 6.68. The second-order valence-electron chi connectivity index (χ2n) is 6.24. The Morgan fingerprint density at radius 2 is 1.69 bits per heavy atom. The molecule has 0 saturated heterocycles. The highest BCUT2D eigenvalue weighted by Gasteiger charge is 2.21. The molecule has 0 aromatic heterocycles. The number of nitrogens with one attached hydrogen (secondary N) is 1. The number of carbonyl (C=O) groups is 3. The van der Waals surface area contributed by atoms with Crippen molar-refractivity contribution in [2.24, 2.45) is 0 Å². The molecule has 0 aliphatic heterocycles. The number of aliphatic carboxylic acids is 1. The van der Waals surface area contributed by atoms with Gasteiger partial charge in [-0.15, -0.1) is 0 Å². The zero-order valence-electron chi connectivity index (χ0n) is 15.8. The van der Waals surface area contributed by atoms with E-state index in [4.69, 9.17) is 26.2 Å². The predicted octanol–water partition coefficient (Wildman–Crippen LogP) is 4.22. The molecule has 29 heavy (non-hydrogen) atoms. The van der Waals surface area contributed by atoms with Crippen molar-refractivity contribution in [1.29, 1.82) is 0 Å². The highest BCUT2D eigenvalue weighted by Crippen LogP contribution is 2.21. The average molecular weight is 420 g/mol. The minimum Gasteiger partial charge on any atom is -0.481 e. The van der Waals surface area contributed by atoms with E-state index in [2.05, 4.69) is 5.32 Å². The zero-order valence-corrected chi connectivity index (χ0v) is 16.6. The number of alkyl carbamates (subject to hydrolysis) is 1. The summed E-state index contributed by atoms with van der Waals surface area (Å²) in [5.74, 6) is -2.07. The Labute approximate surface area is 173 Å². The number of rotatable bonds is 9. The molecule has 0 bridgehead atoms. The lowest BCUT2D eigenvalue weighted by molar-refractivity contribution is -0.137. The van der Waals surface area contributed by atoms with Crippen molar-refractivity contribution in [1.82, 2.24) is 5.32 Å². The lowest BCUT2D eigenvalue weighted by atomic mass is 9.96. The number of carboxylic acid groups (broad SMARTS) is 1. The first kappa shape index (κ1) is 22.2. The van der Waals surface area contributed by atoms with Crippen LogP contribution in [0.1, 0.15) is 41.6 Å². The number of ether oxygens (including phenoxy) is 2. The molecule has 0 aliphatic carbocycles. The van der Waals surface area contributed by atoms with Gasteiger partial charge in [-0.2, -0.15) is 0 Å². The standard InChI is InChI=1S/C21H22ClNO6/c1-2-19(28-20(26)15-6-4-3-5-7-15)29-21(27)23-13-16(12-18(24)25)14-8-10-17(22)11-9-14/h3-11,16,19H,2,12-13H2,1H3,(H,23,27)(H,24,25)/t16-,19?/m0/s1. The van der Waals surface area contributed by atoms with Crippen molar-refractivity contribution in [2.75, 3.05) is 6.54 Å². The van der Waals surface area contributed by atoms with Crippen LogP contribution in [0.3, 0.4) is 0 Å². The zero-order chi connectivity index (χ0) is 21.2. The topological polar surface area (TPSA) is 102 Å². The third-order valence-corrected chi connectivity index (χ3v) is 4.33. The first-order valence-corrected chi connectivity index (χ1v) is 9.44. The smallest absolute Gasteiger partial charge is 0.410 e. The van der Waals surface area contributed by atoms with E-state index < -0.39 is 30.2 Å². The maximum atomic E-state index is 12.1. The van der Waals surface area contributed by atoms with Crippen LogP contribution in [0.5, 0.6) is 0 Å². The maximum Gasteiger partial charge on any atom is 0.410 e. The molecule has 1 unspecified atom stereocenters. The highest BCUT2D eigenvalue weighted by atomic mass is 35.5. The first-order valence-electron chi connectivity index (χ1n) is 9.06. The quantitative estimate of drug-likeness (QED) is 0.466. The lowest BCUT2D eigenvalue weighted by Gasteiger charge is -2.19. The number of hydrogen-bond donors (Lipinski definition) is 2. The number of halogens is 1. The molecule has 1 amide bonds. The maximum absolute atomic E-state index is 12.1. The Hall–Kier alpha value is -3.06. The third-order valence-electron chi connectivity index (χ3n) is 4.08. The van der Waals surface area contributed by atoms with Crippen molar-refractivity contribution >= 4 is 29.6 Å². The Morgan fingerprint density at radius 3 is 2.28 bits per heavy atom. The van der Waals surface area contributed by atoms with Gasteiger partial charge in [0.25, 0.3) is 0 Å². The van der Waals surface area contributed by atoms with Gasteiger partial charge in [-0.1, -0.05) is 48.9 Å². The summed E-state index contributed by atoms with van der Waals surface area (Å²) in [6.07, 6.45) is -1.78. The van der Waals surface area contributed by atoms with Crippen LogP contribution in [0.25, 0.3) is 0 Å². The molecule has 0 fully saturated rings. The van der Waals surface area contributed by atoms with Crippen molar-refractivity contribution < 1.29 is 29.0 Å². The van der Waals surface area contributed by atoms with E-state index in [1.807, 2.05) is 0 Å². The van der Waals surface area contributed by atoms with Gasteiger partial charge in [-0.3, -0.25) is 4.79 Å². The summed E-state index contributed by atoms with van der Waals surface area (Å²) < 4.78 is 10.3. The minimum absolute atomic E-state index is 0.0375. The van der Waals surface area contributed by atoms with E-state index >= 15 is 0 Å². The van der Waals surface area contributed by atoms with Gasteiger partial charge in [0.05, 0.1) is 12.0 Å². The normalized spacial score (nSPS) is 12.5. The molecule has 0 heterocycles. The van der Waals surface area contributed by atoms with Gasteiger partial charge in [-0.05, 0) is 29.8 Å². The van der Waals surface area contributed by atoms with Crippen molar-refractivity contribution in [3.8, 4) is 0 Å². The van der Waals surface area contributed by atoms with E-state index in [0.29, 0.717) is 10.6 Å². The Kier molecular flexibility index (Phi) is 8.48. The summed E-state index contributed by atoms with van der Waals surface area (Å²) in [7, 11) is 0. The van der Waals surface area contributed by atoms with E-state index in [9.17, 15) is 14.4 Å². The molecule has 8 heteroatoms. The number of hydrogen-bond acceptors (Lipinski definition) is 5. The summed E-state index contributed by atoms with van der Waals surface area (Å²) in [5, 5.41) is 12.2. The fraction of sp³-hybridized carbons (Fsp3) is 0.286. The Morgan fingerprint density at radius 1 is 1.03 bits per heavy atom. The van der Waals surface area contributed by atoms with Crippen LogP contribution in [-0.2, 0) is 14.3 Å². The van der Waals surface area contributed by atoms with Crippen LogP contribution in [0.15, 0.2) is 54.6 Å². The largest absolute Gasteiger partial charge is 0.481 e. The fourth-order valence-corrected chi connectivity index (χ4v) is 2.70. The number of amides is 1. The number of carboxylic acids is 1. The van der Waals surface area contributed by atoms with Crippen LogP contribution < -0.4 is 5.32 Å². The molecule has 2 N–H and O–H groups in total. The van der Waals surface area contributed by atoms with Crippen LogP contribution in [0, 0.1) is 0 Å². The van der Waals surface area contributed by atoms with Gasteiger partial charge in [0.15, 0.2) is 0 Å². The van der Waals surface area contributed by atoms with E-state index in [1.54, 1.807) is 61.5 Å². The molecule has 154 valence electrons. The molecular formula is C21H22ClNO6. The van der Waals surface area contributed by atoms with Gasteiger partial charge < -0.3 is 19.9 Å². The van der Waals surface area contributed by atoms with Gasteiger partial charge >= 0.3 is 18.0 Å². The molecule has 2 atom stereocenters. The molecule has 0 radical (unpaired) electrons. The van der Waals surface area contributed by atoms with Gasteiger partial charge in [-0.25, -0.2) is 9.59 Å². The third kappa shape index (κ3) is 7.46. The average Bonchev–Trinajstić information content (AvgIpc) is 2.71. The van der Waals surface area contributed by atoms with Crippen molar-refractivity contribution in [2.45, 2.75) is 32.0 Å². The first-order chi connectivity index (χ1) is 13.9. The predicted molar refractivity (Wildman–Crippen MR) is 107 cm³/mol. The van der Waals surface area contributed by atoms with Crippen molar-refractivity contribution in [3.63, 3.8) is 0 Å². The van der Waals surface area contributed by atoms with Crippen LogP contribution in [-0.4, -0.2) is 36.0 Å². The summed E-state index contributed by atoms with van der Waals surface area (Å²) in [5.41, 5.74) is 1.07. The van der Waals surface area contributed by atoms with Gasteiger partial charge in [0.2, 0.25) is 6.29 Å². The van der Waals surface area contributed by atoms with Gasteiger partial charge in [0.1, 0.15) is 0 Å².